The molecule has 0 amide bonds. The fourth-order valence-corrected chi connectivity index (χ4v) is 2.00. The molecule has 0 radical (unpaired) electrons. The molecular weight excluding hydrogens is 241 g/mol. The molecule has 5 heteroatoms. The van der Waals surface area contributed by atoms with Crippen LogP contribution in [0.2, 0.25) is 0 Å². The van der Waals surface area contributed by atoms with Crippen molar-refractivity contribution >= 4 is 16.8 Å². The third kappa shape index (κ3) is 2.21. The van der Waals surface area contributed by atoms with E-state index in [-0.39, 0.29) is 11.8 Å². The molecule has 1 nitrogen and oxygen atoms in total. The maximum absolute atomic E-state index is 12.4. The van der Waals surface area contributed by atoms with Gasteiger partial charge >= 0.3 is 6.18 Å². The number of hydrogen-bond acceptors (Lipinski definition) is 1. The highest BCUT2D eigenvalue weighted by Gasteiger charge is 2.43. The Kier molecular flexibility index (Phi) is 2.70. The summed E-state index contributed by atoms with van der Waals surface area (Å²) in [7, 11) is 0. The Hall–Kier alpha value is -1.03. The third-order valence-corrected chi connectivity index (χ3v) is 3.00. The Labute approximate surface area is 95.2 Å². The van der Waals surface area contributed by atoms with Crippen molar-refractivity contribution in [1.82, 2.24) is 0 Å². The monoisotopic (exact) mass is 248 g/mol. The number of halogens is 4. The van der Waals surface area contributed by atoms with E-state index >= 15 is 0 Å². The van der Waals surface area contributed by atoms with Gasteiger partial charge in [-0.2, -0.15) is 13.2 Å². The molecule has 1 aliphatic carbocycles. The highest BCUT2D eigenvalue weighted by Crippen LogP contribution is 2.49. The molecular formula is C11H8ClF3O. The van der Waals surface area contributed by atoms with Gasteiger partial charge in [-0.05, 0) is 35.6 Å². The predicted octanol–water partition coefficient (Wildman–Crippen LogP) is 3.57. The minimum absolute atomic E-state index is 0.146. The summed E-state index contributed by atoms with van der Waals surface area (Å²) in [6.07, 6.45) is -3.80. The first kappa shape index (κ1) is 11.5. The van der Waals surface area contributed by atoms with Crippen LogP contribution in [0.4, 0.5) is 13.2 Å². The van der Waals surface area contributed by atoms with Crippen LogP contribution in [0.5, 0.6) is 0 Å². The van der Waals surface area contributed by atoms with Gasteiger partial charge in [-0.3, -0.25) is 4.79 Å². The number of carbonyl (C=O) groups is 1. The summed E-state index contributed by atoms with van der Waals surface area (Å²) >= 11 is 5.29. The van der Waals surface area contributed by atoms with Crippen molar-refractivity contribution < 1.29 is 18.0 Å². The summed E-state index contributed by atoms with van der Waals surface area (Å²) in [6, 6.07) is 5.06. The largest absolute Gasteiger partial charge is 0.416 e. The molecule has 2 rings (SSSR count). The van der Waals surface area contributed by atoms with Crippen LogP contribution in [0.15, 0.2) is 24.3 Å². The SMILES string of the molecule is O=C(Cl)[C@@H]1C[C@H]1c1cccc(C(F)(F)F)c1. The fraction of sp³-hybridized carbons (Fsp3) is 0.364. The highest BCUT2D eigenvalue weighted by molar-refractivity contribution is 6.64. The van der Waals surface area contributed by atoms with Crippen LogP contribution in [-0.2, 0) is 11.0 Å². The van der Waals surface area contributed by atoms with Gasteiger partial charge < -0.3 is 0 Å². The number of benzene rings is 1. The van der Waals surface area contributed by atoms with Crippen LogP contribution in [0.1, 0.15) is 23.5 Å². The van der Waals surface area contributed by atoms with Gasteiger partial charge in [-0.25, -0.2) is 0 Å². The molecule has 0 spiro atoms. The van der Waals surface area contributed by atoms with Gasteiger partial charge in [-0.1, -0.05) is 18.2 Å². The molecule has 0 bridgehead atoms. The van der Waals surface area contributed by atoms with E-state index in [0.29, 0.717) is 12.0 Å². The van der Waals surface area contributed by atoms with Gasteiger partial charge in [0.05, 0.1) is 5.56 Å². The summed E-state index contributed by atoms with van der Waals surface area (Å²) in [6.45, 7) is 0. The van der Waals surface area contributed by atoms with Crippen LogP contribution < -0.4 is 0 Å². The zero-order chi connectivity index (χ0) is 11.9. The number of rotatable bonds is 2. The predicted molar refractivity (Wildman–Crippen MR) is 53.2 cm³/mol. The van der Waals surface area contributed by atoms with E-state index in [0.717, 1.165) is 12.1 Å². The van der Waals surface area contributed by atoms with Crippen molar-refractivity contribution in [3.05, 3.63) is 35.4 Å². The lowest BCUT2D eigenvalue weighted by molar-refractivity contribution is -0.137. The number of hydrogen-bond donors (Lipinski definition) is 0. The minimum atomic E-state index is -4.34. The molecule has 0 saturated heterocycles. The lowest BCUT2D eigenvalue weighted by atomic mass is 10.1. The van der Waals surface area contributed by atoms with Crippen LogP contribution in [0.3, 0.4) is 0 Å². The summed E-state index contributed by atoms with van der Waals surface area (Å²) in [5.41, 5.74) is -0.147. The maximum Gasteiger partial charge on any atom is 0.416 e. The maximum atomic E-state index is 12.4. The van der Waals surface area contributed by atoms with E-state index < -0.39 is 17.0 Å². The van der Waals surface area contributed by atoms with Crippen LogP contribution in [-0.4, -0.2) is 5.24 Å². The molecule has 0 heterocycles. The summed E-state index contributed by atoms with van der Waals surface area (Å²) < 4.78 is 37.2. The smallest absolute Gasteiger partial charge is 0.281 e. The van der Waals surface area contributed by atoms with Gasteiger partial charge in [0.1, 0.15) is 0 Å². The molecule has 86 valence electrons. The second-order valence-corrected chi connectivity index (χ2v) is 4.25. The molecule has 0 aliphatic heterocycles. The molecule has 1 fully saturated rings. The van der Waals surface area contributed by atoms with E-state index in [1.54, 1.807) is 6.07 Å². The van der Waals surface area contributed by atoms with Gasteiger partial charge in [0.15, 0.2) is 0 Å². The molecule has 1 aromatic rings. The molecule has 2 atom stereocenters. The Balaban J connectivity index is 2.22. The van der Waals surface area contributed by atoms with Crippen molar-refractivity contribution in [3.63, 3.8) is 0 Å². The average Bonchev–Trinajstić information content (AvgIpc) is 2.96. The minimum Gasteiger partial charge on any atom is -0.281 e. The van der Waals surface area contributed by atoms with E-state index in [2.05, 4.69) is 0 Å². The van der Waals surface area contributed by atoms with Crippen molar-refractivity contribution in [2.75, 3.05) is 0 Å². The average molecular weight is 249 g/mol. The van der Waals surface area contributed by atoms with E-state index in [4.69, 9.17) is 11.6 Å². The first-order valence-electron chi connectivity index (χ1n) is 4.76. The van der Waals surface area contributed by atoms with E-state index in [9.17, 15) is 18.0 Å². The Morgan fingerprint density at radius 3 is 2.56 bits per heavy atom. The third-order valence-electron chi connectivity index (χ3n) is 2.72. The second kappa shape index (κ2) is 3.77. The van der Waals surface area contributed by atoms with Crippen molar-refractivity contribution in [3.8, 4) is 0 Å². The summed E-state index contributed by atoms with van der Waals surface area (Å²) in [5.74, 6) is -0.461. The second-order valence-electron chi connectivity index (χ2n) is 3.88. The Morgan fingerprint density at radius 1 is 1.38 bits per heavy atom. The van der Waals surface area contributed by atoms with E-state index in [1.807, 2.05) is 0 Å². The number of carbonyl (C=O) groups excluding carboxylic acids is 1. The van der Waals surface area contributed by atoms with E-state index in [1.165, 1.54) is 6.07 Å². The molecule has 1 aliphatic rings. The molecule has 16 heavy (non-hydrogen) atoms. The van der Waals surface area contributed by atoms with Gasteiger partial charge in [0, 0.05) is 5.92 Å². The lowest BCUT2D eigenvalue weighted by Gasteiger charge is -2.08. The van der Waals surface area contributed by atoms with Gasteiger partial charge in [0.2, 0.25) is 5.24 Å². The van der Waals surface area contributed by atoms with Crippen molar-refractivity contribution in [2.24, 2.45) is 5.92 Å². The molecule has 1 saturated carbocycles. The normalized spacial score (nSPS) is 24.2. The zero-order valence-corrected chi connectivity index (χ0v) is 8.85. The zero-order valence-electron chi connectivity index (χ0n) is 8.09. The fourth-order valence-electron chi connectivity index (χ4n) is 1.76. The van der Waals surface area contributed by atoms with Crippen molar-refractivity contribution in [2.45, 2.75) is 18.5 Å². The first-order valence-corrected chi connectivity index (χ1v) is 5.14. The van der Waals surface area contributed by atoms with Crippen LogP contribution in [0.25, 0.3) is 0 Å². The topological polar surface area (TPSA) is 17.1 Å². The molecule has 0 aromatic heterocycles. The number of alkyl halides is 3. The van der Waals surface area contributed by atoms with Crippen LogP contribution in [0, 0.1) is 5.92 Å². The van der Waals surface area contributed by atoms with Crippen LogP contribution >= 0.6 is 11.6 Å². The van der Waals surface area contributed by atoms with Gasteiger partial charge in [0.25, 0.3) is 0 Å². The summed E-state index contributed by atoms with van der Waals surface area (Å²) in [4.78, 5) is 10.8. The van der Waals surface area contributed by atoms with Gasteiger partial charge in [-0.15, -0.1) is 0 Å². The molecule has 0 N–H and O–H groups in total. The lowest BCUT2D eigenvalue weighted by Crippen LogP contribution is -2.05. The molecule has 0 unspecified atom stereocenters. The molecule has 1 aromatic carbocycles. The first-order chi connectivity index (χ1) is 7.39. The standard InChI is InChI=1S/C11H8ClF3O/c12-10(16)9-5-8(9)6-2-1-3-7(4-6)11(13,14)15/h1-4,8-9H,5H2/t8-,9+/m0/s1. The Bertz CT molecular complexity index is 427. The van der Waals surface area contributed by atoms with Crippen molar-refractivity contribution in [1.29, 1.82) is 0 Å². The Morgan fingerprint density at radius 2 is 2.06 bits per heavy atom. The quantitative estimate of drug-likeness (QED) is 0.731. The summed E-state index contributed by atoms with van der Waals surface area (Å²) in [5, 5.41) is -0.470. The highest BCUT2D eigenvalue weighted by atomic mass is 35.5.